The smallest absolute Gasteiger partial charge is 0.266 e. The molecule has 0 atom stereocenters. The van der Waals surface area contributed by atoms with Crippen molar-refractivity contribution in [3.05, 3.63) is 64.2 Å². The third kappa shape index (κ3) is 1.25. The van der Waals surface area contributed by atoms with Crippen LogP contribution in [-0.2, 0) is 0 Å². The number of pyridine rings is 1. The maximum atomic E-state index is 13.3. The normalized spacial score (nSPS) is 12.6. The maximum absolute atomic E-state index is 13.3. The Balaban J connectivity index is 2.21. The molecule has 0 saturated heterocycles. The van der Waals surface area contributed by atoms with Crippen LogP contribution in [-0.4, -0.2) is 20.3 Å². The Morgan fingerprint density at radius 1 is 1.15 bits per heavy atom. The van der Waals surface area contributed by atoms with E-state index in [2.05, 4.69) is 9.97 Å². The summed E-state index contributed by atoms with van der Waals surface area (Å²) in [6.45, 7) is 0. The molecular weight excluding hydrogens is 261 g/mol. The summed E-state index contributed by atoms with van der Waals surface area (Å²) < 4.78 is 14.5. The SMILES string of the molecule is O=C1c2ncccc2-n2c1nc1ccc(F)cc1c2=O. The van der Waals surface area contributed by atoms with Gasteiger partial charge in [-0.05, 0) is 30.3 Å². The summed E-state index contributed by atoms with van der Waals surface area (Å²) in [6, 6.07) is 6.96. The fraction of sp³-hybridized carbons (Fsp3) is 0. The fourth-order valence-electron chi connectivity index (χ4n) is 2.39. The summed E-state index contributed by atoms with van der Waals surface area (Å²) in [5, 5.41) is 0.137. The number of hydrogen-bond donors (Lipinski definition) is 0. The fourth-order valence-corrected chi connectivity index (χ4v) is 2.39. The minimum atomic E-state index is -0.521. The molecule has 0 unspecified atom stereocenters. The van der Waals surface area contributed by atoms with Crippen LogP contribution in [0.2, 0.25) is 0 Å². The van der Waals surface area contributed by atoms with E-state index in [-0.39, 0.29) is 16.9 Å². The van der Waals surface area contributed by atoms with Gasteiger partial charge < -0.3 is 0 Å². The molecule has 96 valence electrons. The molecule has 0 aliphatic carbocycles. The van der Waals surface area contributed by atoms with Crippen LogP contribution in [0.3, 0.4) is 0 Å². The highest BCUT2D eigenvalue weighted by Gasteiger charge is 2.31. The molecule has 0 spiro atoms. The van der Waals surface area contributed by atoms with E-state index >= 15 is 0 Å². The standard InChI is InChI=1S/C14H6FN3O2/c15-7-3-4-9-8(6-7)14(20)18-10-2-1-5-16-11(10)12(19)13(18)17-9/h1-6H. The van der Waals surface area contributed by atoms with Crippen LogP contribution in [0, 0.1) is 5.82 Å². The van der Waals surface area contributed by atoms with E-state index in [1.54, 1.807) is 12.1 Å². The number of nitrogens with zero attached hydrogens (tertiary/aromatic N) is 3. The summed E-state index contributed by atoms with van der Waals surface area (Å²) in [5.41, 5.74) is 0.400. The minimum absolute atomic E-state index is 0.0165. The van der Waals surface area contributed by atoms with Crippen LogP contribution in [0.25, 0.3) is 16.6 Å². The summed E-state index contributed by atoms with van der Waals surface area (Å²) in [5.74, 6) is -0.903. The minimum Gasteiger partial charge on any atom is -0.283 e. The molecule has 20 heavy (non-hydrogen) atoms. The van der Waals surface area contributed by atoms with Crippen LogP contribution < -0.4 is 5.56 Å². The second-order valence-electron chi connectivity index (χ2n) is 4.44. The third-order valence-corrected chi connectivity index (χ3v) is 3.28. The molecule has 1 aliphatic heterocycles. The molecule has 1 aliphatic rings. The van der Waals surface area contributed by atoms with Gasteiger partial charge in [0.2, 0.25) is 5.78 Å². The van der Waals surface area contributed by atoms with Crippen molar-refractivity contribution >= 4 is 16.7 Å². The highest BCUT2D eigenvalue weighted by atomic mass is 19.1. The molecule has 5 nitrogen and oxygen atoms in total. The van der Waals surface area contributed by atoms with E-state index in [0.717, 1.165) is 6.07 Å². The Labute approximate surface area is 111 Å². The predicted octanol–water partition coefficient (Wildman–Crippen LogP) is 1.46. The highest BCUT2D eigenvalue weighted by molar-refractivity contribution is 6.11. The number of ketones is 1. The lowest BCUT2D eigenvalue weighted by atomic mass is 10.2. The number of benzene rings is 1. The first kappa shape index (κ1) is 11.0. The predicted molar refractivity (Wildman–Crippen MR) is 68.5 cm³/mol. The molecule has 4 rings (SSSR count). The number of rotatable bonds is 0. The Hall–Kier alpha value is -2.89. The van der Waals surface area contributed by atoms with E-state index in [9.17, 15) is 14.0 Å². The Morgan fingerprint density at radius 2 is 2.00 bits per heavy atom. The molecule has 1 aromatic carbocycles. The van der Waals surface area contributed by atoms with Crippen molar-refractivity contribution in [1.29, 1.82) is 0 Å². The Morgan fingerprint density at radius 3 is 2.85 bits per heavy atom. The number of carbonyl (C=O) groups is 1. The second kappa shape index (κ2) is 3.57. The van der Waals surface area contributed by atoms with Gasteiger partial charge in [0.25, 0.3) is 5.56 Å². The van der Waals surface area contributed by atoms with Gasteiger partial charge in [-0.15, -0.1) is 0 Å². The molecule has 6 heteroatoms. The van der Waals surface area contributed by atoms with Crippen LogP contribution >= 0.6 is 0 Å². The number of aromatic nitrogens is 3. The lowest BCUT2D eigenvalue weighted by molar-refractivity contribution is 0.103. The van der Waals surface area contributed by atoms with Crippen LogP contribution in [0.1, 0.15) is 16.3 Å². The lowest BCUT2D eigenvalue weighted by Crippen LogP contribution is -2.21. The summed E-state index contributed by atoms with van der Waals surface area (Å²) in [6.07, 6.45) is 1.48. The van der Waals surface area contributed by atoms with Crippen LogP contribution in [0.4, 0.5) is 4.39 Å². The monoisotopic (exact) mass is 267 g/mol. The van der Waals surface area contributed by atoms with E-state index in [1.165, 1.54) is 22.9 Å². The number of halogens is 1. The quantitative estimate of drug-likeness (QED) is 0.484. The molecule has 2 aromatic heterocycles. The largest absolute Gasteiger partial charge is 0.283 e. The zero-order valence-electron chi connectivity index (χ0n) is 10.0. The van der Waals surface area contributed by atoms with E-state index in [0.29, 0.717) is 11.2 Å². The summed E-state index contributed by atoms with van der Waals surface area (Å²) in [7, 11) is 0. The molecular formula is C14H6FN3O2. The van der Waals surface area contributed by atoms with Crippen molar-refractivity contribution in [1.82, 2.24) is 14.5 Å². The number of carbonyl (C=O) groups excluding carboxylic acids is 1. The van der Waals surface area contributed by atoms with Gasteiger partial charge in [-0.1, -0.05) is 0 Å². The third-order valence-electron chi connectivity index (χ3n) is 3.28. The van der Waals surface area contributed by atoms with Gasteiger partial charge >= 0.3 is 0 Å². The van der Waals surface area contributed by atoms with E-state index in [1.807, 2.05) is 0 Å². The Bertz CT molecular complexity index is 962. The van der Waals surface area contributed by atoms with Crippen molar-refractivity contribution in [2.24, 2.45) is 0 Å². The molecule has 0 bridgehead atoms. The van der Waals surface area contributed by atoms with Gasteiger partial charge in [0, 0.05) is 6.20 Å². The number of hydrogen-bond acceptors (Lipinski definition) is 4. The molecule has 0 amide bonds. The lowest BCUT2D eigenvalue weighted by Gasteiger charge is -2.04. The summed E-state index contributed by atoms with van der Waals surface area (Å²) in [4.78, 5) is 32.8. The summed E-state index contributed by atoms with van der Waals surface area (Å²) >= 11 is 0. The zero-order valence-corrected chi connectivity index (χ0v) is 10.0. The molecule has 3 aromatic rings. The van der Waals surface area contributed by atoms with E-state index < -0.39 is 17.2 Å². The van der Waals surface area contributed by atoms with Crippen molar-refractivity contribution < 1.29 is 9.18 Å². The first-order chi connectivity index (χ1) is 9.66. The topological polar surface area (TPSA) is 64.8 Å². The molecule has 0 fully saturated rings. The molecule has 0 radical (unpaired) electrons. The van der Waals surface area contributed by atoms with Gasteiger partial charge in [0.1, 0.15) is 11.5 Å². The van der Waals surface area contributed by atoms with Crippen molar-refractivity contribution in [3.8, 4) is 5.69 Å². The van der Waals surface area contributed by atoms with Crippen LogP contribution in [0.5, 0.6) is 0 Å². The first-order valence-electron chi connectivity index (χ1n) is 5.89. The molecule has 0 N–H and O–H groups in total. The average Bonchev–Trinajstić information content (AvgIpc) is 2.74. The maximum Gasteiger partial charge on any atom is 0.266 e. The molecule has 3 heterocycles. The number of fused-ring (bicyclic) bond motifs is 4. The zero-order chi connectivity index (χ0) is 13.9. The van der Waals surface area contributed by atoms with Crippen molar-refractivity contribution in [3.63, 3.8) is 0 Å². The molecule has 0 saturated carbocycles. The second-order valence-corrected chi connectivity index (χ2v) is 4.44. The van der Waals surface area contributed by atoms with Crippen LogP contribution in [0.15, 0.2) is 41.3 Å². The van der Waals surface area contributed by atoms with Gasteiger partial charge in [-0.2, -0.15) is 0 Å². The average molecular weight is 267 g/mol. The van der Waals surface area contributed by atoms with Gasteiger partial charge in [0.15, 0.2) is 5.82 Å². The first-order valence-corrected chi connectivity index (χ1v) is 5.89. The van der Waals surface area contributed by atoms with E-state index in [4.69, 9.17) is 0 Å². The van der Waals surface area contributed by atoms with Crippen molar-refractivity contribution in [2.75, 3.05) is 0 Å². The highest BCUT2D eigenvalue weighted by Crippen LogP contribution is 2.24. The Kier molecular flexibility index (Phi) is 1.96. The van der Waals surface area contributed by atoms with Crippen molar-refractivity contribution in [2.45, 2.75) is 0 Å². The van der Waals surface area contributed by atoms with Gasteiger partial charge in [-0.3, -0.25) is 19.1 Å². The van der Waals surface area contributed by atoms with Gasteiger partial charge in [-0.25, -0.2) is 9.37 Å². The van der Waals surface area contributed by atoms with Gasteiger partial charge in [0.05, 0.1) is 16.6 Å².